The number of hydrogen-bond donors (Lipinski definition) is 1. The normalized spacial score (nSPS) is 12.8. The van der Waals surface area contributed by atoms with E-state index >= 15 is 0 Å². The third-order valence-corrected chi connectivity index (χ3v) is 3.33. The minimum atomic E-state index is -0.192. The van der Waals surface area contributed by atoms with Crippen molar-refractivity contribution in [3.8, 4) is 5.75 Å². The molecule has 0 aliphatic heterocycles. The van der Waals surface area contributed by atoms with Crippen molar-refractivity contribution in [3.63, 3.8) is 0 Å². The van der Waals surface area contributed by atoms with Crippen LogP contribution in [-0.4, -0.2) is 26.2 Å². The monoisotopic (exact) mass is 279 g/mol. The molecule has 112 valence electrons. The van der Waals surface area contributed by atoms with Gasteiger partial charge in [0.15, 0.2) is 0 Å². The van der Waals surface area contributed by atoms with Gasteiger partial charge in [-0.05, 0) is 23.1 Å². The lowest BCUT2D eigenvalue weighted by molar-refractivity contribution is -0.141. The number of carbonyl (C=O) groups is 1. The maximum absolute atomic E-state index is 11.5. The lowest BCUT2D eigenvalue weighted by atomic mass is 9.84. The van der Waals surface area contributed by atoms with Crippen molar-refractivity contribution in [3.05, 3.63) is 29.8 Å². The Hall–Kier alpha value is -1.55. The number of carbonyl (C=O) groups excluding carboxylic acids is 1. The summed E-state index contributed by atoms with van der Waals surface area (Å²) in [7, 11) is 3.08. The summed E-state index contributed by atoms with van der Waals surface area (Å²) >= 11 is 0. The second-order valence-electron chi connectivity index (χ2n) is 5.93. The third kappa shape index (κ3) is 5.21. The number of nitrogens with one attached hydrogen (secondary N) is 1. The molecule has 0 fully saturated rings. The zero-order valence-corrected chi connectivity index (χ0v) is 13.0. The zero-order chi connectivity index (χ0) is 15.2. The average molecular weight is 279 g/mol. The van der Waals surface area contributed by atoms with Crippen LogP contribution < -0.4 is 10.1 Å². The average Bonchev–Trinajstić information content (AvgIpc) is 2.42. The van der Waals surface area contributed by atoms with Gasteiger partial charge in [-0.2, -0.15) is 0 Å². The Morgan fingerprint density at radius 3 is 2.55 bits per heavy atom. The Labute approximate surface area is 121 Å². The van der Waals surface area contributed by atoms with Gasteiger partial charge in [-0.1, -0.05) is 32.9 Å². The van der Waals surface area contributed by atoms with Gasteiger partial charge in [-0.15, -0.1) is 0 Å². The topological polar surface area (TPSA) is 47.6 Å². The van der Waals surface area contributed by atoms with Crippen LogP contribution in [0.5, 0.6) is 5.75 Å². The van der Waals surface area contributed by atoms with Crippen molar-refractivity contribution in [2.45, 2.75) is 39.8 Å². The van der Waals surface area contributed by atoms with Gasteiger partial charge in [0.2, 0.25) is 0 Å². The van der Waals surface area contributed by atoms with Gasteiger partial charge in [-0.25, -0.2) is 0 Å². The second-order valence-corrected chi connectivity index (χ2v) is 5.93. The highest BCUT2D eigenvalue weighted by Gasteiger charge is 2.26. The molecule has 1 aromatic carbocycles. The molecule has 1 rings (SSSR count). The SMILES string of the molecule is COC(=O)CC(NCc1cccc(OC)c1)C(C)(C)C. The fraction of sp³-hybridized carbons (Fsp3) is 0.562. The molecule has 1 unspecified atom stereocenters. The van der Waals surface area contributed by atoms with Crippen LogP contribution in [0, 0.1) is 5.41 Å². The lowest BCUT2D eigenvalue weighted by Crippen LogP contribution is -2.41. The number of benzene rings is 1. The van der Waals surface area contributed by atoms with Crippen molar-refractivity contribution < 1.29 is 14.3 Å². The third-order valence-electron chi connectivity index (χ3n) is 3.33. The molecule has 1 atom stereocenters. The summed E-state index contributed by atoms with van der Waals surface area (Å²) in [5, 5.41) is 3.44. The molecular formula is C16H25NO3. The molecular weight excluding hydrogens is 254 g/mol. The summed E-state index contributed by atoms with van der Waals surface area (Å²) < 4.78 is 9.97. The summed E-state index contributed by atoms with van der Waals surface area (Å²) in [5.41, 5.74) is 1.11. The molecule has 0 bridgehead atoms. The van der Waals surface area contributed by atoms with Crippen molar-refractivity contribution in [1.82, 2.24) is 5.32 Å². The molecule has 0 spiro atoms. The molecule has 0 aliphatic carbocycles. The molecule has 0 amide bonds. The highest BCUT2D eigenvalue weighted by molar-refractivity contribution is 5.70. The van der Waals surface area contributed by atoms with Gasteiger partial charge in [0.1, 0.15) is 5.75 Å². The summed E-state index contributed by atoms with van der Waals surface area (Å²) in [5.74, 6) is 0.646. The van der Waals surface area contributed by atoms with Crippen LogP contribution in [0.2, 0.25) is 0 Å². The van der Waals surface area contributed by atoms with Gasteiger partial charge in [0, 0.05) is 12.6 Å². The molecule has 0 aliphatic rings. The van der Waals surface area contributed by atoms with E-state index in [0.29, 0.717) is 13.0 Å². The van der Waals surface area contributed by atoms with E-state index < -0.39 is 0 Å². The van der Waals surface area contributed by atoms with Crippen LogP contribution in [0.4, 0.5) is 0 Å². The van der Waals surface area contributed by atoms with E-state index in [2.05, 4.69) is 26.1 Å². The smallest absolute Gasteiger partial charge is 0.307 e. The van der Waals surface area contributed by atoms with Gasteiger partial charge in [0.05, 0.1) is 20.6 Å². The molecule has 1 N–H and O–H groups in total. The minimum Gasteiger partial charge on any atom is -0.497 e. The number of methoxy groups -OCH3 is 2. The van der Waals surface area contributed by atoms with E-state index in [4.69, 9.17) is 9.47 Å². The Morgan fingerprint density at radius 1 is 1.30 bits per heavy atom. The highest BCUT2D eigenvalue weighted by atomic mass is 16.5. The first kappa shape index (κ1) is 16.5. The van der Waals surface area contributed by atoms with E-state index in [-0.39, 0.29) is 17.4 Å². The van der Waals surface area contributed by atoms with Crippen molar-refractivity contribution in [2.75, 3.05) is 14.2 Å². The quantitative estimate of drug-likeness (QED) is 0.813. The van der Waals surface area contributed by atoms with E-state index in [9.17, 15) is 4.79 Å². The standard InChI is InChI=1S/C16H25NO3/c1-16(2,3)14(10-15(18)20-5)17-11-12-7-6-8-13(9-12)19-4/h6-9,14,17H,10-11H2,1-5H3. The molecule has 0 saturated heterocycles. The van der Waals surface area contributed by atoms with E-state index in [1.807, 2.05) is 24.3 Å². The Bertz CT molecular complexity index is 438. The lowest BCUT2D eigenvalue weighted by Gasteiger charge is -2.31. The molecule has 0 aromatic heterocycles. The molecule has 4 heteroatoms. The molecule has 0 heterocycles. The van der Waals surface area contributed by atoms with Crippen LogP contribution in [0.3, 0.4) is 0 Å². The van der Waals surface area contributed by atoms with Gasteiger partial charge in [-0.3, -0.25) is 4.79 Å². The molecule has 4 nitrogen and oxygen atoms in total. The fourth-order valence-corrected chi connectivity index (χ4v) is 1.96. The van der Waals surface area contributed by atoms with Crippen LogP contribution in [0.15, 0.2) is 24.3 Å². The van der Waals surface area contributed by atoms with Crippen LogP contribution in [0.1, 0.15) is 32.8 Å². The maximum Gasteiger partial charge on any atom is 0.307 e. The number of rotatable bonds is 6. The molecule has 20 heavy (non-hydrogen) atoms. The first-order chi connectivity index (χ1) is 9.36. The first-order valence-electron chi connectivity index (χ1n) is 6.80. The van der Waals surface area contributed by atoms with Crippen molar-refractivity contribution in [1.29, 1.82) is 0 Å². The Morgan fingerprint density at radius 2 is 2.00 bits per heavy atom. The Kier molecular flexibility index (Phi) is 6.02. The van der Waals surface area contributed by atoms with Gasteiger partial charge < -0.3 is 14.8 Å². The Balaban J connectivity index is 2.68. The van der Waals surface area contributed by atoms with Gasteiger partial charge in [0.25, 0.3) is 0 Å². The largest absolute Gasteiger partial charge is 0.497 e. The van der Waals surface area contributed by atoms with Gasteiger partial charge >= 0.3 is 5.97 Å². The molecule has 1 aromatic rings. The minimum absolute atomic E-state index is 0.0208. The maximum atomic E-state index is 11.5. The van der Waals surface area contributed by atoms with Crippen LogP contribution in [0.25, 0.3) is 0 Å². The predicted octanol–water partition coefficient (Wildman–Crippen LogP) is 2.76. The number of ether oxygens (including phenoxy) is 2. The van der Waals surface area contributed by atoms with Crippen LogP contribution in [-0.2, 0) is 16.1 Å². The fourth-order valence-electron chi connectivity index (χ4n) is 1.96. The highest BCUT2D eigenvalue weighted by Crippen LogP contribution is 2.23. The predicted molar refractivity (Wildman–Crippen MR) is 79.7 cm³/mol. The second kappa shape index (κ2) is 7.29. The molecule has 0 saturated carbocycles. The van der Waals surface area contributed by atoms with E-state index in [1.54, 1.807) is 7.11 Å². The number of esters is 1. The summed E-state index contributed by atoms with van der Waals surface area (Å²) in [6.45, 7) is 7.02. The van der Waals surface area contributed by atoms with Crippen molar-refractivity contribution >= 4 is 5.97 Å². The first-order valence-corrected chi connectivity index (χ1v) is 6.80. The number of hydrogen-bond acceptors (Lipinski definition) is 4. The van der Waals surface area contributed by atoms with E-state index in [1.165, 1.54) is 7.11 Å². The van der Waals surface area contributed by atoms with Crippen molar-refractivity contribution in [2.24, 2.45) is 5.41 Å². The summed E-state index contributed by atoms with van der Waals surface area (Å²) in [4.78, 5) is 11.5. The zero-order valence-electron chi connectivity index (χ0n) is 13.0. The molecule has 0 radical (unpaired) electrons. The summed E-state index contributed by atoms with van der Waals surface area (Å²) in [6, 6.07) is 7.96. The van der Waals surface area contributed by atoms with Crippen LogP contribution >= 0.6 is 0 Å². The van der Waals surface area contributed by atoms with E-state index in [0.717, 1.165) is 11.3 Å². The summed E-state index contributed by atoms with van der Waals surface area (Å²) in [6.07, 6.45) is 0.365.